The molecule has 0 fully saturated rings. The summed E-state index contributed by atoms with van der Waals surface area (Å²) >= 11 is 0. The number of aliphatic hydroxyl groups excluding tert-OH is 3. The fourth-order valence-corrected chi connectivity index (χ4v) is 2.05. The molecule has 1 rings (SSSR count). The van der Waals surface area contributed by atoms with Gasteiger partial charge in [0, 0.05) is 11.3 Å². The van der Waals surface area contributed by atoms with Gasteiger partial charge in [-0.15, -0.1) is 0 Å². The molecular weight excluding hydrogens is 300 g/mol. The van der Waals surface area contributed by atoms with Crippen LogP contribution in [0, 0.1) is 0 Å². The molecule has 0 aliphatic heterocycles. The Morgan fingerprint density at radius 2 is 1.57 bits per heavy atom. The van der Waals surface area contributed by atoms with Gasteiger partial charge in [0.15, 0.2) is 0 Å². The molecule has 0 saturated carbocycles. The quantitative estimate of drug-likeness (QED) is 0.415. The van der Waals surface area contributed by atoms with Crippen molar-refractivity contribution in [1.82, 2.24) is 5.32 Å². The van der Waals surface area contributed by atoms with Crippen molar-refractivity contribution < 1.29 is 28.5 Å². The van der Waals surface area contributed by atoms with E-state index in [4.69, 9.17) is 15.3 Å². The second-order valence-electron chi connectivity index (χ2n) is 4.66. The molecule has 5 N–H and O–H groups in total. The predicted octanol–water partition coefficient (Wildman–Crippen LogP) is -1.50. The average Bonchev–Trinajstić information content (AvgIpc) is 2.44. The topological polar surface area (TPSA) is 136 Å². The Bertz CT molecular complexity index is 572. The molecule has 0 unspecified atom stereocenters. The minimum atomic E-state index is -3.40. The zero-order chi connectivity index (χ0) is 16.1. The van der Waals surface area contributed by atoms with Gasteiger partial charge in [-0.1, -0.05) is 0 Å². The van der Waals surface area contributed by atoms with Crippen LogP contribution >= 0.6 is 0 Å². The molecule has 1 aromatic rings. The van der Waals surface area contributed by atoms with Crippen LogP contribution in [-0.2, 0) is 10.0 Å². The molecule has 118 valence electrons. The van der Waals surface area contributed by atoms with Gasteiger partial charge in [0.05, 0.1) is 26.1 Å². The lowest BCUT2D eigenvalue weighted by Gasteiger charge is -2.28. The van der Waals surface area contributed by atoms with Gasteiger partial charge in [0.25, 0.3) is 5.91 Å². The van der Waals surface area contributed by atoms with Crippen LogP contribution in [0.15, 0.2) is 24.3 Å². The fraction of sp³-hybridized carbons (Fsp3) is 0.417. The van der Waals surface area contributed by atoms with E-state index in [0.29, 0.717) is 5.69 Å². The van der Waals surface area contributed by atoms with Crippen LogP contribution in [0.25, 0.3) is 0 Å². The predicted molar refractivity (Wildman–Crippen MR) is 76.4 cm³/mol. The Kier molecular flexibility index (Phi) is 5.67. The van der Waals surface area contributed by atoms with E-state index < -0.39 is 41.3 Å². The number of sulfonamides is 1. The molecule has 0 heterocycles. The fourth-order valence-electron chi connectivity index (χ4n) is 1.49. The van der Waals surface area contributed by atoms with Crippen molar-refractivity contribution >= 4 is 21.6 Å². The highest BCUT2D eigenvalue weighted by molar-refractivity contribution is 7.92. The van der Waals surface area contributed by atoms with Crippen molar-refractivity contribution in [1.29, 1.82) is 0 Å². The largest absolute Gasteiger partial charge is 0.394 e. The van der Waals surface area contributed by atoms with Gasteiger partial charge in [-0.25, -0.2) is 8.42 Å². The normalized spacial score (nSPS) is 12.0. The molecule has 9 heteroatoms. The Morgan fingerprint density at radius 1 is 1.10 bits per heavy atom. The van der Waals surface area contributed by atoms with Crippen LogP contribution in [0.2, 0.25) is 0 Å². The van der Waals surface area contributed by atoms with Crippen LogP contribution in [-0.4, -0.2) is 61.3 Å². The smallest absolute Gasteiger partial charge is 0.251 e. The zero-order valence-electron chi connectivity index (χ0n) is 11.4. The van der Waals surface area contributed by atoms with Crippen LogP contribution in [0.3, 0.4) is 0 Å². The van der Waals surface area contributed by atoms with E-state index in [-0.39, 0.29) is 5.56 Å². The van der Waals surface area contributed by atoms with Crippen LogP contribution in [0.5, 0.6) is 0 Å². The number of hydrogen-bond donors (Lipinski definition) is 5. The molecular formula is C12H18N2O6S. The highest BCUT2D eigenvalue weighted by Gasteiger charge is 2.30. The lowest BCUT2D eigenvalue weighted by molar-refractivity contribution is 0.0375. The standard InChI is InChI=1S/C12H18N2O6S/c1-21(19,20)14-10-4-2-9(3-5-10)11(18)13-12(6-15,7-16)8-17/h2-5,14-17H,6-8H2,1H3,(H,13,18). The van der Waals surface area contributed by atoms with Crippen molar-refractivity contribution in [2.45, 2.75) is 5.54 Å². The van der Waals surface area contributed by atoms with E-state index in [1.165, 1.54) is 24.3 Å². The minimum Gasteiger partial charge on any atom is -0.394 e. The molecule has 1 aromatic carbocycles. The number of amides is 1. The van der Waals surface area contributed by atoms with Crippen molar-refractivity contribution in [2.75, 3.05) is 30.8 Å². The number of rotatable bonds is 7. The molecule has 0 spiro atoms. The summed E-state index contributed by atoms with van der Waals surface area (Å²) in [5.41, 5.74) is -1.03. The molecule has 0 radical (unpaired) electrons. The van der Waals surface area contributed by atoms with Gasteiger partial charge < -0.3 is 20.6 Å². The summed E-state index contributed by atoms with van der Waals surface area (Å²) in [4.78, 5) is 12.0. The summed E-state index contributed by atoms with van der Waals surface area (Å²) < 4.78 is 24.3. The average molecular weight is 318 g/mol. The van der Waals surface area contributed by atoms with Crippen LogP contribution in [0.4, 0.5) is 5.69 Å². The van der Waals surface area contributed by atoms with Gasteiger partial charge in [0.1, 0.15) is 5.54 Å². The summed E-state index contributed by atoms with van der Waals surface area (Å²) in [6.07, 6.45) is 1.01. The van der Waals surface area contributed by atoms with Crippen LogP contribution < -0.4 is 10.0 Å². The number of benzene rings is 1. The number of aliphatic hydroxyl groups is 3. The van der Waals surface area contributed by atoms with E-state index in [1.54, 1.807) is 0 Å². The molecule has 0 aliphatic carbocycles. The van der Waals surface area contributed by atoms with Gasteiger partial charge in [-0.05, 0) is 24.3 Å². The molecule has 0 atom stereocenters. The second kappa shape index (κ2) is 6.85. The second-order valence-corrected chi connectivity index (χ2v) is 6.41. The Morgan fingerprint density at radius 3 is 1.95 bits per heavy atom. The monoisotopic (exact) mass is 318 g/mol. The Balaban J connectivity index is 2.84. The molecule has 21 heavy (non-hydrogen) atoms. The lowest BCUT2D eigenvalue weighted by atomic mass is 10.0. The zero-order valence-corrected chi connectivity index (χ0v) is 12.2. The number of carbonyl (C=O) groups excluding carboxylic acids is 1. The molecule has 8 nitrogen and oxygen atoms in total. The summed E-state index contributed by atoms with van der Waals surface area (Å²) in [5.74, 6) is -0.613. The lowest BCUT2D eigenvalue weighted by Crippen LogP contribution is -2.57. The molecule has 0 aliphatic rings. The first kappa shape index (κ1) is 17.4. The van der Waals surface area contributed by atoms with Crippen molar-refractivity contribution in [3.05, 3.63) is 29.8 Å². The maximum Gasteiger partial charge on any atom is 0.251 e. The van der Waals surface area contributed by atoms with Crippen molar-refractivity contribution in [3.63, 3.8) is 0 Å². The van der Waals surface area contributed by atoms with Crippen molar-refractivity contribution in [3.8, 4) is 0 Å². The first-order valence-electron chi connectivity index (χ1n) is 5.98. The SMILES string of the molecule is CS(=O)(=O)Nc1ccc(C(=O)NC(CO)(CO)CO)cc1. The highest BCUT2D eigenvalue weighted by Crippen LogP contribution is 2.12. The summed E-state index contributed by atoms with van der Waals surface area (Å²) in [6.45, 7) is -1.88. The minimum absolute atomic E-state index is 0.189. The third-order valence-corrected chi connectivity index (χ3v) is 3.34. The van der Waals surface area contributed by atoms with Crippen molar-refractivity contribution in [2.24, 2.45) is 0 Å². The van der Waals surface area contributed by atoms with Gasteiger partial charge in [0.2, 0.25) is 10.0 Å². The molecule has 0 aromatic heterocycles. The number of hydrogen-bond acceptors (Lipinski definition) is 6. The Hall–Kier alpha value is -1.68. The maximum atomic E-state index is 12.0. The first-order chi connectivity index (χ1) is 9.75. The molecule has 0 saturated heterocycles. The maximum absolute atomic E-state index is 12.0. The van der Waals surface area contributed by atoms with E-state index in [0.717, 1.165) is 6.26 Å². The third-order valence-electron chi connectivity index (χ3n) is 2.74. The summed E-state index contributed by atoms with van der Waals surface area (Å²) in [7, 11) is -3.40. The molecule has 1 amide bonds. The summed E-state index contributed by atoms with van der Waals surface area (Å²) in [5, 5.41) is 29.7. The molecule has 0 bridgehead atoms. The number of carbonyl (C=O) groups is 1. The van der Waals surface area contributed by atoms with Gasteiger partial charge in [-0.3, -0.25) is 9.52 Å². The number of anilines is 1. The van der Waals surface area contributed by atoms with Gasteiger partial charge >= 0.3 is 0 Å². The highest BCUT2D eigenvalue weighted by atomic mass is 32.2. The van der Waals surface area contributed by atoms with Gasteiger partial charge in [-0.2, -0.15) is 0 Å². The third kappa shape index (κ3) is 4.97. The first-order valence-corrected chi connectivity index (χ1v) is 7.87. The van der Waals surface area contributed by atoms with E-state index in [2.05, 4.69) is 10.0 Å². The van der Waals surface area contributed by atoms with Crippen LogP contribution in [0.1, 0.15) is 10.4 Å². The number of nitrogens with one attached hydrogen (secondary N) is 2. The van der Waals surface area contributed by atoms with E-state index in [9.17, 15) is 13.2 Å². The summed E-state index contributed by atoms with van der Waals surface area (Å²) in [6, 6.07) is 5.54. The van der Waals surface area contributed by atoms with E-state index >= 15 is 0 Å². The van der Waals surface area contributed by atoms with E-state index in [1.807, 2.05) is 0 Å². The Labute approximate surface area is 122 Å².